The van der Waals surface area contributed by atoms with Crippen LogP contribution in [0.2, 0.25) is 0 Å². The summed E-state index contributed by atoms with van der Waals surface area (Å²) in [6.07, 6.45) is 2.83. The molecular formula is C17H29NO2S. The fourth-order valence-corrected chi connectivity index (χ4v) is 3.09. The molecule has 0 radical (unpaired) electrons. The number of nitrogens with one attached hydrogen (secondary N) is 1. The van der Waals surface area contributed by atoms with Gasteiger partial charge in [-0.1, -0.05) is 52.0 Å². The van der Waals surface area contributed by atoms with E-state index in [1.807, 2.05) is 0 Å². The molecule has 1 N–H and O–H groups in total. The Balaban J connectivity index is 2.76. The summed E-state index contributed by atoms with van der Waals surface area (Å²) < 4.78 is 22.5. The smallest absolute Gasteiger partial charge is 0.147 e. The maximum absolute atomic E-state index is 11.2. The fraction of sp³-hybridized carbons (Fsp3) is 0.647. The summed E-state index contributed by atoms with van der Waals surface area (Å²) in [6, 6.07) is 8.90. The van der Waals surface area contributed by atoms with Crippen LogP contribution in [-0.4, -0.2) is 27.0 Å². The summed E-state index contributed by atoms with van der Waals surface area (Å²) in [4.78, 5) is 0. The Morgan fingerprint density at radius 1 is 1.14 bits per heavy atom. The van der Waals surface area contributed by atoms with Crippen molar-refractivity contribution >= 4 is 9.84 Å². The number of sulfone groups is 1. The third-order valence-corrected chi connectivity index (χ3v) is 4.67. The normalized spacial score (nSPS) is 14.1. The van der Waals surface area contributed by atoms with Gasteiger partial charge in [-0.3, -0.25) is 0 Å². The number of hydrogen-bond acceptors (Lipinski definition) is 3. The highest BCUT2D eigenvalue weighted by molar-refractivity contribution is 7.90. The third kappa shape index (κ3) is 6.62. The fourth-order valence-electron chi connectivity index (χ4n) is 2.40. The summed E-state index contributed by atoms with van der Waals surface area (Å²) in [5.41, 5.74) is 2.71. The lowest BCUT2D eigenvalue weighted by Gasteiger charge is -2.22. The van der Waals surface area contributed by atoms with Crippen molar-refractivity contribution in [2.45, 2.75) is 52.0 Å². The zero-order chi connectivity index (χ0) is 16.1. The van der Waals surface area contributed by atoms with Gasteiger partial charge in [0.15, 0.2) is 0 Å². The van der Waals surface area contributed by atoms with Crippen LogP contribution in [0.5, 0.6) is 0 Å². The average Bonchev–Trinajstić information content (AvgIpc) is 2.35. The Morgan fingerprint density at radius 2 is 1.71 bits per heavy atom. The molecule has 0 heterocycles. The maximum atomic E-state index is 11.2. The second-order valence-corrected chi connectivity index (χ2v) is 9.01. The van der Waals surface area contributed by atoms with E-state index in [1.165, 1.54) is 17.4 Å². The molecule has 21 heavy (non-hydrogen) atoms. The molecule has 1 unspecified atom stereocenters. The van der Waals surface area contributed by atoms with Gasteiger partial charge in [-0.15, -0.1) is 0 Å². The van der Waals surface area contributed by atoms with E-state index in [-0.39, 0.29) is 17.2 Å². The highest BCUT2D eigenvalue weighted by Gasteiger charge is 2.15. The van der Waals surface area contributed by atoms with E-state index in [2.05, 4.69) is 57.3 Å². The molecule has 0 saturated carbocycles. The molecule has 1 atom stereocenters. The van der Waals surface area contributed by atoms with Gasteiger partial charge in [0.1, 0.15) is 9.84 Å². The molecule has 0 bridgehead atoms. The predicted molar refractivity (Wildman–Crippen MR) is 90.5 cm³/mol. The van der Waals surface area contributed by atoms with E-state index in [4.69, 9.17) is 0 Å². The van der Waals surface area contributed by atoms with Crippen LogP contribution in [0.15, 0.2) is 24.3 Å². The standard InChI is InChI=1S/C17H29NO2S/c1-6-18-16(8-7-13-21(5,19)20)14-9-11-15(12-10-14)17(2,3)4/h9-12,16,18H,6-8,13H2,1-5H3. The van der Waals surface area contributed by atoms with E-state index in [0.717, 1.165) is 13.0 Å². The molecule has 1 aromatic carbocycles. The number of rotatable bonds is 7. The molecule has 1 aromatic rings. The Hall–Kier alpha value is -0.870. The van der Waals surface area contributed by atoms with E-state index in [1.54, 1.807) is 0 Å². The molecule has 0 spiro atoms. The molecule has 120 valence electrons. The lowest BCUT2D eigenvalue weighted by atomic mass is 9.86. The first kappa shape index (κ1) is 18.2. The van der Waals surface area contributed by atoms with Gasteiger partial charge >= 0.3 is 0 Å². The summed E-state index contributed by atoms with van der Waals surface area (Å²) in [5, 5.41) is 3.45. The minimum absolute atomic E-state index is 0.155. The SMILES string of the molecule is CCNC(CCCS(C)(=O)=O)c1ccc(C(C)(C)C)cc1. The average molecular weight is 311 g/mol. The first-order chi connectivity index (χ1) is 9.63. The summed E-state index contributed by atoms with van der Waals surface area (Å²) in [7, 11) is -2.87. The van der Waals surface area contributed by atoms with Crippen molar-refractivity contribution in [3.05, 3.63) is 35.4 Å². The van der Waals surface area contributed by atoms with Gasteiger partial charge in [-0.25, -0.2) is 8.42 Å². The Labute approximate surface area is 130 Å². The Bertz CT molecular complexity index is 527. The van der Waals surface area contributed by atoms with Crippen LogP contribution in [0.25, 0.3) is 0 Å². The van der Waals surface area contributed by atoms with Gasteiger partial charge in [0.25, 0.3) is 0 Å². The van der Waals surface area contributed by atoms with Gasteiger partial charge < -0.3 is 5.32 Å². The molecular weight excluding hydrogens is 282 g/mol. The van der Waals surface area contributed by atoms with Crippen LogP contribution >= 0.6 is 0 Å². The van der Waals surface area contributed by atoms with E-state index >= 15 is 0 Å². The Morgan fingerprint density at radius 3 is 2.14 bits per heavy atom. The first-order valence-corrected chi connectivity index (χ1v) is 9.71. The predicted octanol–water partition coefficient (Wildman–Crippen LogP) is 3.46. The zero-order valence-electron chi connectivity index (χ0n) is 13.9. The lowest BCUT2D eigenvalue weighted by Crippen LogP contribution is -2.22. The molecule has 0 fully saturated rings. The minimum Gasteiger partial charge on any atom is -0.310 e. The van der Waals surface area contributed by atoms with E-state index in [9.17, 15) is 8.42 Å². The lowest BCUT2D eigenvalue weighted by molar-refractivity contribution is 0.506. The van der Waals surface area contributed by atoms with Crippen molar-refractivity contribution < 1.29 is 8.42 Å². The van der Waals surface area contributed by atoms with Crippen molar-refractivity contribution in [1.29, 1.82) is 0 Å². The minimum atomic E-state index is -2.87. The maximum Gasteiger partial charge on any atom is 0.147 e. The molecule has 1 rings (SSSR count). The van der Waals surface area contributed by atoms with Gasteiger partial charge in [0.2, 0.25) is 0 Å². The van der Waals surface area contributed by atoms with Crippen LogP contribution in [0.4, 0.5) is 0 Å². The van der Waals surface area contributed by atoms with Crippen LogP contribution in [-0.2, 0) is 15.3 Å². The molecule has 0 amide bonds. The molecule has 0 aromatic heterocycles. The van der Waals surface area contributed by atoms with Gasteiger partial charge in [-0.05, 0) is 35.9 Å². The second-order valence-electron chi connectivity index (χ2n) is 6.75. The molecule has 3 nitrogen and oxygen atoms in total. The molecule has 0 aliphatic carbocycles. The molecule has 4 heteroatoms. The summed E-state index contributed by atoms with van der Waals surface area (Å²) in [6.45, 7) is 9.57. The largest absolute Gasteiger partial charge is 0.310 e. The summed E-state index contributed by atoms with van der Waals surface area (Å²) >= 11 is 0. The van der Waals surface area contributed by atoms with Crippen LogP contribution in [0, 0.1) is 0 Å². The van der Waals surface area contributed by atoms with Crippen LogP contribution < -0.4 is 5.32 Å². The summed E-state index contributed by atoms with van der Waals surface area (Å²) in [5.74, 6) is 0.259. The van der Waals surface area contributed by atoms with Gasteiger partial charge in [0.05, 0.1) is 0 Å². The Kier molecular flexibility index (Phi) is 6.41. The second kappa shape index (κ2) is 7.41. The first-order valence-electron chi connectivity index (χ1n) is 7.65. The van der Waals surface area contributed by atoms with Crippen molar-refractivity contribution in [3.8, 4) is 0 Å². The number of hydrogen-bond donors (Lipinski definition) is 1. The number of benzene rings is 1. The molecule has 0 aliphatic heterocycles. The quantitative estimate of drug-likeness (QED) is 0.839. The van der Waals surface area contributed by atoms with Gasteiger partial charge in [-0.2, -0.15) is 0 Å². The zero-order valence-corrected chi connectivity index (χ0v) is 14.8. The highest BCUT2D eigenvalue weighted by atomic mass is 32.2. The highest BCUT2D eigenvalue weighted by Crippen LogP contribution is 2.25. The molecule has 0 saturated heterocycles. The van der Waals surface area contributed by atoms with E-state index < -0.39 is 9.84 Å². The van der Waals surface area contributed by atoms with Crippen LogP contribution in [0.1, 0.15) is 57.7 Å². The van der Waals surface area contributed by atoms with Crippen molar-refractivity contribution in [2.75, 3.05) is 18.6 Å². The van der Waals surface area contributed by atoms with Gasteiger partial charge in [0, 0.05) is 18.1 Å². The monoisotopic (exact) mass is 311 g/mol. The molecule has 0 aliphatic rings. The van der Waals surface area contributed by atoms with Crippen molar-refractivity contribution in [2.24, 2.45) is 0 Å². The van der Waals surface area contributed by atoms with Crippen LogP contribution in [0.3, 0.4) is 0 Å². The topological polar surface area (TPSA) is 46.2 Å². The van der Waals surface area contributed by atoms with E-state index in [0.29, 0.717) is 6.42 Å². The van der Waals surface area contributed by atoms with Crippen molar-refractivity contribution in [3.63, 3.8) is 0 Å². The third-order valence-electron chi connectivity index (χ3n) is 3.64. The van der Waals surface area contributed by atoms with Crippen molar-refractivity contribution in [1.82, 2.24) is 5.32 Å².